The zero-order valence-electron chi connectivity index (χ0n) is 12.3. The third-order valence-corrected chi connectivity index (χ3v) is 3.99. The minimum absolute atomic E-state index is 0.250. The molecule has 0 amide bonds. The minimum Gasteiger partial charge on any atom is -0.337 e. The molecule has 2 aromatic rings. The van der Waals surface area contributed by atoms with Gasteiger partial charge in [0.2, 0.25) is 0 Å². The van der Waals surface area contributed by atoms with Crippen molar-refractivity contribution in [1.29, 1.82) is 0 Å². The largest absolute Gasteiger partial charge is 0.337 e. The lowest BCUT2D eigenvalue weighted by molar-refractivity contribution is 0.545. The number of anilines is 2. The summed E-state index contributed by atoms with van der Waals surface area (Å²) >= 11 is 9.50. The molecule has 0 aliphatic carbocycles. The Bertz CT molecular complexity index is 663. The Morgan fingerprint density at radius 2 is 1.90 bits per heavy atom. The molecule has 3 nitrogen and oxygen atoms in total. The van der Waals surface area contributed by atoms with Crippen molar-refractivity contribution >= 4 is 39.0 Å². The summed E-state index contributed by atoms with van der Waals surface area (Å²) in [6, 6.07) is 4.77. The van der Waals surface area contributed by atoms with Crippen LogP contribution in [0.4, 0.5) is 15.9 Å². The Morgan fingerprint density at radius 1 is 1.24 bits per heavy atom. The van der Waals surface area contributed by atoms with E-state index < -0.39 is 0 Å². The van der Waals surface area contributed by atoms with E-state index in [2.05, 4.69) is 31.2 Å². The van der Waals surface area contributed by atoms with Crippen LogP contribution in [0.25, 0.3) is 0 Å². The van der Waals surface area contributed by atoms with Crippen LogP contribution in [0.5, 0.6) is 0 Å². The van der Waals surface area contributed by atoms with Gasteiger partial charge in [-0.3, -0.25) is 0 Å². The van der Waals surface area contributed by atoms with E-state index in [0.717, 1.165) is 0 Å². The molecule has 2 rings (SSSR count). The summed E-state index contributed by atoms with van der Waals surface area (Å²) in [4.78, 5) is 8.79. The highest BCUT2D eigenvalue weighted by molar-refractivity contribution is 9.10. The second-order valence-electron chi connectivity index (χ2n) is 5.78. The molecule has 0 unspecified atom stereocenters. The number of benzene rings is 1. The van der Waals surface area contributed by atoms with Crippen molar-refractivity contribution in [2.24, 2.45) is 0 Å². The second kappa shape index (κ2) is 5.89. The summed E-state index contributed by atoms with van der Waals surface area (Å²) < 4.78 is 14.6. The van der Waals surface area contributed by atoms with Crippen LogP contribution < -0.4 is 5.32 Å². The summed E-state index contributed by atoms with van der Waals surface area (Å²) in [6.45, 7) is 7.79. The maximum absolute atomic E-state index is 13.9. The number of halogens is 3. The van der Waals surface area contributed by atoms with Gasteiger partial charge >= 0.3 is 0 Å². The predicted molar refractivity (Wildman–Crippen MR) is 87.9 cm³/mol. The van der Waals surface area contributed by atoms with Crippen molar-refractivity contribution in [3.05, 3.63) is 45.0 Å². The Hall–Kier alpha value is -1.20. The van der Waals surface area contributed by atoms with Gasteiger partial charge in [-0.05, 0) is 35.0 Å². The second-order valence-corrected chi connectivity index (χ2v) is 7.00. The lowest BCUT2D eigenvalue weighted by Crippen LogP contribution is -2.18. The van der Waals surface area contributed by atoms with E-state index in [1.165, 1.54) is 6.07 Å². The number of rotatable bonds is 2. The molecular weight excluding hydrogens is 357 g/mol. The highest BCUT2D eigenvalue weighted by Gasteiger charge is 2.21. The Morgan fingerprint density at radius 3 is 2.48 bits per heavy atom. The number of aromatic nitrogens is 2. The first-order chi connectivity index (χ1) is 9.70. The van der Waals surface area contributed by atoms with Crippen molar-refractivity contribution < 1.29 is 4.39 Å². The lowest BCUT2D eigenvalue weighted by atomic mass is 9.95. The van der Waals surface area contributed by atoms with Gasteiger partial charge in [-0.15, -0.1) is 0 Å². The van der Waals surface area contributed by atoms with Crippen LogP contribution in [0, 0.1) is 12.7 Å². The highest BCUT2D eigenvalue weighted by atomic mass is 79.9. The van der Waals surface area contributed by atoms with Crippen molar-refractivity contribution in [2.45, 2.75) is 33.1 Å². The summed E-state index contributed by atoms with van der Waals surface area (Å²) in [5.41, 5.74) is 0.760. The van der Waals surface area contributed by atoms with Crippen LogP contribution in [0.3, 0.4) is 0 Å². The van der Waals surface area contributed by atoms with E-state index in [1.54, 1.807) is 19.1 Å². The maximum atomic E-state index is 13.9. The van der Waals surface area contributed by atoms with E-state index >= 15 is 0 Å². The normalized spacial score (nSPS) is 11.6. The van der Waals surface area contributed by atoms with Gasteiger partial charge in [-0.25, -0.2) is 14.4 Å². The average molecular weight is 373 g/mol. The van der Waals surface area contributed by atoms with E-state index in [0.29, 0.717) is 32.5 Å². The van der Waals surface area contributed by atoms with Gasteiger partial charge in [0, 0.05) is 15.5 Å². The highest BCUT2D eigenvalue weighted by Crippen LogP contribution is 2.32. The van der Waals surface area contributed by atoms with Crippen molar-refractivity contribution in [1.82, 2.24) is 9.97 Å². The quantitative estimate of drug-likeness (QED) is 0.719. The summed E-state index contributed by atoms with van der Waals surface area (Å²) in [6.07, 6.45) is 0. The molecule has 0 saturated carbocycles. The van der Waals surface area contributed by atoms with E-state index in [4.69, 9.17) is 11.6 Å². The zero-order valence-corrected chi connectivity index (χ0v) is 14.6. The molecule has 1 N–H and O–H groups in total. The maximum Gasteiger partial charge on any atom is 0.147 e. The van der Waals surface area contributed by atoms with E-state index in [9.17, 15) is 4.39 Å². The van der Waals surface area contributed by atoms with Crippen molar-refractivity contribution in [2.75, 3.05) is 5.32 Å². The molecular formula is C15H16BrClFN3. The molecule has 0 bridgehead atoms. The average Bonchev–Trinajstić information content (AvgIpc) is 2.37. The van der Waals surface area contributed by atoms with Crippen LogP contribution in [-0.2, 0) is 5.41 Å². The molecule has 0 spiro atoms. The Kier molecular flexibility index (Phi) is 4.54. The first-order valence-electron chi connectivity index (χ1n) is 6.46. The van der Waals surface area contributed by atoms with Gasteiger partial charge < -0.3 is 5.32 Å². The predicted octanol–water partition coefficient (Wildman–Crippen LogP) is 5.38. The fourth-order valence-electron chi connectivity index (χ4n) is 1.68. The summed E-state index contributed by atoms with van der Waals surface area (Å²) in [5, 5.41) is 3.37. The molecule has 1 aromatic carbocycles. The SMILES string of the molecule is Cc1c(Cl)nc(C(C)(C)C)nc1Nc1c(F)cccc1Br. The van der Waals surface area contributed by atoms with Crippen LogP contribution in [0.15, 0.2) is 22.7 Å². The smallest absolute Gasteiger partial charge is 0.147 e. The van der Waals surface area contributed by atoms with Crippen molar-refractivity contribution in [3.8, 4) is 0 Å². The molecule has 1 heterocycles. The fourth-order valence-corrected chi connectivity index (χ4v) is 2.29. The molecule has 0 fully saturated rings. The van der Waals surface area contributed by atoms with Gasteiger partial charge in [0.15, 0.2) is 0 Å². The Labute approximate surface area is 137 Å². The molecule has 0 aliphatic rings. The summed E-state index contributed by atoms with van der Waals surface area (Å²) in [7, 11) is 0. The van der Waals surface area contributed by atoms with Crippen molar-refractivity contribution in [3.63, 3.8) is 0 Å². The van der Waals surface area contributed by atoms with Crippen LogP contribution in [-0.4, -0.2) is 9.97 Å². The molecule has 21 heavy (non-hydrogen) atoms. The number of nitrogens with zero attached hydrogens (tertiary/aromatic N) is 2. The van der Waals surface area contributed by atoms with Gasteiger partial charge in [0.05, 0.1) is 5.69 Å². The standard InChI is InChI=1S/C15H16BrClFN3/c1-8-12(17)20-14(15(2,3)4)21-13(8)19-11-9(16)6-5-7-10(11)18/h5-7H,1-4H3,(H,19,20,21). The van der Waals surface area contributed by atoms with Gasteiger partial charge in [-0.1, -0.05) is 38.4 Å². The Balaban J connectivity index is 2.52. The first-order valence-corrected chi connectivity index (χ1v) is 7.63. The zero-order chi connectivity index (χ0) is 15.8. The van der Waals surface area contributed by atoms with E-state index in [1.807, 2.05) is 20.8 Å². The minimum atomic E-state index is -0.365. The van der Waals surface area contributed by atoms with Gasteiger partial charge in [0.1, 0.15) is 22.6 Å². The fraction of sp³-hybridized carbons (Fsp3) is 0.333. The number of hydrogen-bond donors (Lipinski definition) is 1. The molecule has 112 valence electrons. The monoisotopic (exact) mass is 371 g/mol. The van der Waals surface area contributed by atoms with Crippen LogP contribution >= 0.6 is 27.5 Å². The number of hydrogen-bond acceptors (Lipinski definition) is 3. The summed E-state index contributed by atoms with van der Waals surface area (Å²) in [5.74, 6) is 0.745. The number of nitrogens with one attached hydrogen (secondary N) is 1. The molecule has 6 heteroatoms. The van der Waals surface area contributed by atoms with Gasteiger partial charge in [0.25, 0.3) is 0 Å². The third kappa shape index (κ3) is 3.52. The van der Waals surface area contributed by atoms with Gasteiger partial charge in [-0.2, -0.15) is 0 Å². The topological polar surface area (TPSA) is 37.8 Å². The molecule has 0 radical (unpaired) electrons. The van der Waals surface area contributed by atoms with E-state index in [-0.39, 0.29) is 11.2 Å². The van der Waals surface area contributed by atoms with Crippen LogP contribution in [0.2, 0.25) is 5.15 Å². The van der Waals surface area contributed by atoms with Crippen LogP contribution in [0.1, 0.15) is 32.2 Å². The lowest BCUT2D eigenvalue weighted by Gasteiger charge is -2.20. The molecule has 1 aromatic heterocycles. The molecule has 0 saturated heterocycles. The first kappa shape index (κ1) is 16.2. The third-order valence-electron chi connectivity index (χ3n) is 2.96. The molecule has 0 atom stereocenters. The number of para-hydroxylation sites is 1. The molecule has 0 aliphatic heterocycles.